The van der Waals surface area contributed by atoms with Gasteiger partial charge in [0.2, 0.25) is 0 Å². The first-order chi connectivity index (χ1) is 14.7. The zero-order valence-corrected chi connectivity index (χ0v) is 18.4. The van der Waals surface area contributed by atoms with Crippen LogP contribution in [0, 0.1) is 6.92 Å². The first-order valence-corrected chi connectivity index (χ1v) is 11.6. The van der Waals surface area contributed by atoms with Crippen LogP contribution in [0.3, 0.4) is 0 Å². The molecule has 2 N–H and O–H groups in total. The number of hydrogen-bond donors (Lipinski definition) is 2. The number of amides is 2. The number of para-hydroxylation sites is 1. The lowest BCUT2D eigenvalue weighted by atomic mass is 10.2. The number of nitrogens with zero attached hydrogens (tertiary/aromatic N) is 2. The third kappa shape index (κ3) is 4.31. The second-order valence-electron chi connectivity index (χ2n) is 6.48. The molecule has 158 valence electrons. The van der Waals surface area contributed by atoms with Crippen molar-refractivity contribution in [1.82, 2.24) is 14.3 Å². The van der Waals surface area contributed by atoms with Gasteiger partial charge in [0.25, 0.3) is 15.6 Å². The summed E-state index contributed by atoms with van der Waals surface area (Å²) in [6, 6.07) is 15.3. The van der Waals surface area contributed by atoms with Crippen molar-refractivity contribution in [1.29, 1.82) is 0 Å². The molecule has 0 fully saturated rings. The Morgan fingerprint density at radius 1 is 1.06 bits per heavy atom. The lowest BCUT2D eigenvalue weighted by molar-refractivity contribution is 0.256. The van der Waals surface area contributed by atoms with Gasteiger partial charge in [0, 0.05) is 5.69 Å². The fraction of sp³-hybridized carbons (Fsp3) is 0.0500. The van der Waals surface area contributed by atoms with Gasteiger partial charge < -0.3 is 5.32 Å². The molecular formula is C20H15ClN4O4S2. The number of anilines is 1. The fourth-order valence-corrected chi connectivity index (χ4v) is 5.40. The van der Waals surface area contributed by atoms with E-state index in [0.29, 0.717) is 32.4 Å². The van der Waals surface area contributed by atoms with Crippen LogP contribution >= 0.6 is 22.9 Å². The summed E-state index contributed by atoms with van der Waals surface area (Å²) in [6.07, 6.45) is 0. The Morgan fingerprint density at radius 2 is 1.77 bits per heavy atom. The number of urea groups is 1. The standard InChI is InChI=1S/C20H15ClN4O4S2/c1-12-22-16-5-3-2-4-15(16)19(26)25(12)14-8-6-13(7-9-14)23-20(27)24-31(28,29)18-11-10-17(21)30-18/h2-11H,1H3,(H2,23,24,27). The van der Waals surface area contributed by atoms with Crippen molar-refractivity contribution in [2.75, 3.05) is 5.32 Å². The number of thiophene rings is 1. The number of aryl methyl sites for hydroxylation is 1. The first kappa shape index (κ1) is 21.0. The number of benzene rings is 2. The van der Waals surface area contributed by atoms with Crippen LogP contribution in [-0.4, -0.2) is 24.0 Å². The van der Waals surface area contributed by atoms with Gasteiger partial charge in [0.15, 0.2) is 0 Å². The van der Waals surface area contributed by atoms with Crippen LogP contribution in [0.15, 0.2) is 69.7 Å². The quantitative estimate of drug-likeness (QED) is 0.465. The Hall–Kier alpha value is -3.21. The zero-order chi connectivity index (χ0) is 22.2. The van der Waals surface area contributed by atoms with Crippen molar-refractivity contribution >= 4 is 55.6 Å². The molecule has 0 radical (unpaired) electrons. The lowest BCUT2D eigenvalue weighted by Crippen LogP contribution is -2.33. The summed E-state index contributed by atoms with van der Waals surface area (Å²) in [5.41, 5.74) is 1.32. The van der Waals surface area contributed by atoms with Crippen LogP contribution in [0.1, 0.15) is 5.82 Å². The summed E-state index contributed by atoms with van der Waals surface area (Å²) in [5.74, 6) is 0.517. The third-order valence-corrected chi connectivity index (χ3v) is 7.42. The highest BCUT2D eigenvalue weighted by molar-refractivity contribution is 7.92. The highest BCUT2D eigenvalue weighted by atomic mass is 35.5. The number of sulfonamides is 1. The average Bonchev–Trinajstić information content (AvgIpc) is 3.16. The molecule has 0 bridgehead atoms. The highest BCUT2D eigenvalue weighted by Crippen LogP contribution is 2.25. The maximum Gasteiger partial charge on any atom is 0.333 e. The Bertz CT molecular complexity index is 1460. The molecule has 8 nitrogen and oxygen atoms in total. The van der Waals surface area contributed by atoms with Gasteiger partial charge in [0.1, 0.15) is 10.0 Å². The zero-order valence-electron chi connectivity index (χ0n) is 16.0. The minimum Gasteiger partial charge on any atom is -0.307 e. The summed E-state index contributed by atoms with van der Waals surface area (Å²) in [7, 11) is -4.02. The molecule has 4 rings (SSSR count). The maximum atomic E-state index is 12.9. The molecule has 0 saturated heterocycles. The van der Waals surface area contributed by atoms with E-state index in [4.69, 9.17) is 11.6 Å². The van der Waals surface area contributed by atoms with Gasteiger partial charge in [-0.15, -0.1) is 11.3 Å². The Balaban J connectivity index is 1.55. The van der Waals surface area contributed by atoms with Crippen LogP contribution in [0.25, 0.3) is 16.6 Å². The second-order valence-corrected chi connectivity index (χ2v) is 10.1. The van der Waals surface area contributed by atoms with Crippen LogP contribution in [-0.2, 0) is 10.0 Å². The minimum atomic E-state index is -4.02. The molecule has 0 atom stereocenters. The molecule has 0 saturated carbocycles. The van der Waals surface area contributed by atoms with Gasteiger partial charge in [0.05, 0.1) is 20.9 Å². The SMILES string of the molecule is Cc1nc2ccccc2c(=O)n1-c1ccc(NC(=O)NS(=O)(=O)c2ccc(Cl)s2)cc1. The molecule has 0 aliphatic heterocycles. The van der Waals surface area contributed by atoms with Gasteiger partial charge in [-0.25, -0.2) is 22.9 Å². The third-order valence-electron chi connectivity index (χ3n) is 4.37. The van der Waals surface area contributed by atoms with E-state index in [1.165, 1.54) is 16.7 Å². The topological polar surface area (TPSA) is 110 Å². The Morgan fingerprint density at radius 3 is 2.45 bits per heavy atom. The number of carbonyl (C=O) groups excluding carboxylic acids is 1. The Kier molecular flexibility index (Phi) is 5.52. The van der Waals surface area contributed by atoms with E-state index in [9.17, 15) is 18.0 Å². The van der Waals surface area contributed by atoms with Gasteiger partial charge >= 0.3 is 6.03 Å². The van der Waals surface area contributed by atoms with Crippen LogP contribution < -0.4 is 15.6 Å². The molecule has 11 heteroatoms. The van der Waals surface area contributed by atoms with E-state index in [0.717, 1.165) is 11.3 Å². The summed E-state index contributed by atoms with van der Waals surface area (Å²) < 4.78 is 28.0. The smallest absolute Gasteiger partial charge is 0.307 e. The summed E-state index contributed by atoms with van der Waals surface area (Å²) in [6.45, 7) is 1.73. The molecule has 0 aliphatic rings. The molecule has 2 heterocycles. The largest absolute Gasteiger partial charge is 0.333 e. The van der Waals surface area contributed by atoms with Crippen molar-refractivity contribution in [3.8, 4) is 5.69 Å². The number of fused-ring (bicyclic) bond motifs is 1. The van der Waals surface area contributed by atoms with Crippen molar-refractivity contribution in [2.24, 2.45) is 0 Å². The molecule has 0 spiro atoms. The number of aromatic nitrogens is 2. The summed E-state index contributed by atoms with van der Waals surface area (Å²) in [5, 5.41) is 2.95. The molecule has 0 unspecified atom stereocenters. The molecule has 2 amide bonds. The van der Waals surface area contributed by atoms with Gasteiger partial charge in [-0.2, -0.15) is 0 Å². The number of hydrogen-bond acceptors (Lipinski definition) is 6. The Labute approximate surface area is 186 Å². The fourth-order valence-electron chi connectivity index (χ4n) is 3.01. The molecule has 2 aromatic carbocycles. The minimum absolute atomic E-state index is 0.0679. The van der Waals surface area contributed by atoms with Gasteiger partial charge in [-0.3, -0.25) is 9.36 Å². The van der Waals surface area contributed by atoms with E-state index in [1.54, 1.807) is 49.4 Å². The van der Waals surface area contributed by atoms with Crippen LogP contribution in [0.5, 0.6) is 0 Å². The van der Waals surface area contributed by atoms with Crippen molar-refractivity contribution in [3.63, 3.8) is 0 Å². The van der Waals surface area contributed by atoms with Crippen molar-refractivity contribution in [3.05, 3.63) is 81.2 Å². The normalized spacial score (nSPS) is 11.4. The lowest BCUT2D eigenvalue weighted by Gasteiger charge is -2.12. The summed E-state index contributed by atoms with van der Waals surface area (Å²) in [4.78, 5) is 29.5. The monoisotopic (exact) mass is 474 g/mol. The molecule has 31 heavy (non-hydrogen) atoms. The van der Waals surface area contributed by atoms with E-state index >= 15 is 0 Å². The average molecular weight is 475 g/mol. The highest BCUT2D eigenvalue weighted by Gasteiger charge is 2.20. The predicted octanol–water partition coefficient (Wildman–Crippen LogP) is 3.92. The van der Waals surface area contributed by atoms with Gasteiger partial charge in [-0.05, 0) is 55.5 Å². The van der Waals surface area contributed by atoms with Crippen LogP contribution in [0.2, 0.25) is 4.34 Å². The predicted molar refractivity (Wildman–Crippen MR) is 121 cm³/mol. The molecule has 4 aromatic rings. The van der Waals surface area contributed by atoms with E-state index in [2.05, 4.69) is 10.3 Å². The maximum absolute atomic E-state index is 12.9. The first-order valence-electron chi connectivity index (χ1n) is 8.92. The number of halogens is 1. The second kappa shape index (κ2) is 8.14. The van der Waals surface area contributed by atoms with E-state index in [-0.39, 0.29) is 9.77 Å². The molecule has 2 aromatic heterocycles. The number of rotatable bonds is 4. The summed E-state index contributed by atoms with van der Waals surface area (Å²) >= 11 is 6.59. The van der Waals surface area contributed by atoms with Gasteiger partial charge in [-0.1, -0.05) is 23.7 Å². The number of nitrogens with one attached hydrogen (secondary N) is 2. The van der Waals surface area contributed by atoms with Crippen molar-refractivity contribution < 1.29 is 13.2 Å². The molecule has 0 aliphatic carbocycles. The molecular weight excluding hydrogens is 460 g/mol. The van der Waals surface area contributed by atoms with Crippen LogP contribution in [0.4, 0.5) is 10.5 Å². The van der Waals surface area contributed by atoms with E-state index in [1.807, 2.05) is 10.8 Å². The number of carbonyl (C=O) groups is 1. The van der Waals surface area contributed by atoms with Crippen molar-refractivity contribution in [2.45, 2.75) is 11.1 Å². The van der Waals surface area contributed by atoms with E-state index < -0.39 is 16.1 Å².